The van der Waals surface area contributed by atoms with Gasteiger partial charge in [-0.1, -0.05) is 6.07 Å². The maximum atomic E-state index is 12.4. The quantitative estimate of drug-likeness (QED) is 0.728. The van der Waals surface area contributed by atoms with E-state index in [0.717, 1.165) is 0 Å². The van der Waals surface area contributed by atoms with Crippen molar-refractivity contribution in [2.75, 3.05) is 6.54 Å². The lowest BCUT2D eigenvalue weighted by Crippen LogP contribution is -2.38. The second kappa shape index (κ2) is 6.48. The number of hydrogen-bond acceptors (Lipinski definition) is 6. The third-order valence-electron chi connectivity index (χ3n) is 3.94. The van der Waals surface area contributed by atoms with Crippen molar-refractivity contribution in [3.63, 3.8) is 0 Å². The number of aryl methyl sites for hydroxylation is 2. The molecule has 130 valence electrons. The molecule has 0 bridgehead atoms. The van der Waals surface area contributed by atoms with Crippen molar-refractivity contribution in [2.45, 2.75) is 26.4 Å². The number of carbonyl (C=O) groups excluding carboxylic acids is 1. The molecule has 1 amide bonds. The van der Waals surface area contributed by atoms with Gasteiger partial charge in [0.25, 0.3) is 5.91 Å². The van der Waals surface area contributed by atoms with Gasteiger partial charge in [0, 0.05) is 11.1 Å². The first-order valence-corrected chi connectivity index (χ1v) is 7.78. The smallest absolute Gasteiger partial charge is 0.251 e. The van der Waals surface area contributed by atoms with Crippen molar-refractivity contribution in [1.29, 1.82) is 0 Å². The van der Waals surface area contributed by atoms with Crippen LogP contribution in [-0.4, -0.2) is 37.8 Å². The molecule has 0 fully saturated rings. The molecule has 1 atom stereocenters. The summed E-state index contributed by atoms with van der Waals surface area (Å²) in [6.07, 6.45) is 1.45. The van der Waals surface area contributed by atoms with Crippen LogP contribution in [0.25, 0.3) is 5.69 Å². The zero-order chi connectivity index (χ0) is 18.0. The van der Waals surface area contributed by atoms with Gasteiger partial charge < -0.3 is 14.8 Å². The first-order valence-electron chi connectivity index (χ1n) is 7.78. The fourth-order valence-electron chi connectivity index (χ4n) is 2.68. The summed E-state index contributed by atoms with van der Waals surface area (Å²) in [6.45, 7) is 5.30. The minimum absolute atomic E-state index is 0.0563. The first kappa shape index (κ1) is 16.8. The fraction of sp³-hybridized carbons (Fsp3) is 0.294. The number of nitrogens with zero attached hydrogens (tertiary/aromatic N) is 4. The van der Waals surface area contributed by atoms with E-state index in [1.807, 2.05) is 6.92 Å². The molecule has 0 radical (unpaired) electrons. The normalized spacial score (nSPS) is 13.4. The second-order valence-electron chi connectivity index (χ2n) is 6.09. The Kier molecular flexibility index (Phi) is 4.37. The number of rotatable bonds is 5. The number of furan rings is 1. The summed E-state index contributed by atoms with van der Waals surface area (Å²) in [5.41, 5.74) is 0.549. The van der Waals surface area contributed by atoms with Crippen LogP contribution < -0.4 is 5.32 Å². The van der Waals surface area contributed by atoms with E-state index in [4.69, 9.17) is 4.42 Å². The number of amides is 1. The molecule has 8 nitrogen and oxygen atoms in total. The third kappa shape index (κ3) is 3.58. The van der Waals surface area contributed by atoms with E-state index in [1.165, 1.54) is 11.0 Å². The van der Waals surface area contributed by atoms with Crippen LogP contribution in [0.4, 0.5) is 0 Å². The Morgan fingerprint density at radius 3 is 2.80 bits per heavy atom. The third-order valence-corrected chi connectivity index (χ3v) is 3.94. The van der Waals surface area contributed by atoms with Crippen LogP contribution >= 0.6 is 0 Å². The lowest BCUT2D eigenvalue weighted by atomic mass is 9.96. The van der Waals surface area contributed by atoms with Gasteiger partial charge in [-0.15, -0.1) is 5.10 Å². The SMILES string of the molecule is Cc1cc([C@@](C)(O)CNC(=O)c2cccc(-n3cnnn3)c2)c(C)o1. The van der Waals surface area contributed by atoms with Gasteiger partial charge in [0.2, 0.25) is 0 Å². The fourth-order valence-corrected chi connectivity index (χ4v) is 2.68. The first-order chi connectivity index (χ1) is 11.9. The molecule has 25 heavy (non-hydrogen) atoms. The number of nitrogens with one attached hydrogen (secondary N) is 1. The van der Waals surface area contributed by atoms with Gasteiger partial charge in [0.15, 0.2) is 0 Å². The molecule has 1 aromatic carbocycles. The maximum absolute atomic E-state index is 12.4. The summed E-state index contributed by atoms with van der Waals surface area (Å²) in [4.78, 5) is 12.4. The number of aromatic nitrogens is 4. The molecule has 0 unspecified atom stereocenters. The predicted molar refractivity (Wildman–Crippen MR) is 89.2 cm³/mol. The van der Waals surface area contributed by atoms with Crippen LogP contribution in [-0.2, 0) is 5.60 Å². The standard InChI is InChI=1S/C17H19N5O3/c1-11-7-15(12(2)25-11)17(3,24)9-18-16(23)13-5-4-6-14(8-13)22-10-19-20-21-22/h4-8,10,24H,9H2,1-3H3,(H,18,23)/t17-/m0/s1. The van der Waals surface area contributed by atoms with Gasteiger partial charge in [-0.05, 0) is 55.5 Å². The number of benzene rings is 1. The molecule has 0 spiro atoms. The number of carbonyl (C=O) groups is 1. The van der Waals surface area contributed by atoms with E-state index >= 15 is 0 Å². The Hall–Kier alpha value is -3.00. The minimum Gasteiger partial charge on any atom is -0.466 e. The highest BCUT2D eigenvalue weighted by Crippen LogP contribution is 2.26. The van der Waals surface area contributed by atoms with Gasteiger partial charge in [0.1, 0.15) is 23.4 Å². The molecular weight excluding hydrogens is 322 g/mol. The number of tetrazole rings is 1. The van der Waals surface area contributed by atoms with E-state index in [1.54, 1.807) is 44.2 Å². The molecule has 0 aliphatic heterocycles. The van der Waals surface area contributed by atoms with Crippen LogP contribution in [0.3, 0.4) is 0 Å². The Balaban J connectivity index is 1.72. The molecular formula is C17H19N5O3. The van der Waals surface area contributed by atoms with E-state index in [-0.39, 0.29) is 12.5 Å². The second-order valence-corrected chi connectivity index (χ2v) is 6.09. The molecule has 0 saturated carbocycles. The van der Waals surface area contributed by atoms with Gasteiger partial charge in [-0.2, -0.15) is 0 Å². The van der Waals surface area contributed by atoms with Gasteiger partial charge in [0.05, 0.1) is 12.2 Å². The van der Waals surface area contributed by atoms with Gasteiger partial charge >= 0.3 is 0 Å². The Bertz CT molecular complexity index is 884. The van der Waals surface area contributed by atoms with Gasteiger partial charge in [-0.3, -0.25) is 4.79 Å². The van der Waals surface area contributed by atoms with E-state index in [0.29, 0.717) is 28.3 Å². The van der Waals surface area contributed by atoms with E-state index in [2.05, 4.69) is 20.8 Å². The number of hydrogen-bond donors (Lipinski definition) is 2. The van der Waals surface area contributed by atoms with Crippen LogP contribution in [0.15, 0.2) is 41.1 Å². The molecule has 8 heteroatoms. The molecule has 3 rings (SSSR count). The molecule has 2 N–H and O–H groups in total. The largest absolute Gasteiger partial charge is 0.466 e. The lowest BCUT2D eigenvalue weighted by molar-refractivity contribution is 0.0514. The highest BCUT2D eigenvalue weighted by atomic mass is 16.3. The topological polar surface area (TPSA) is 106 Å². The van der Waals surface area contributed by atoms with Crippen LogP contribution in [0.2, 0.25) is 0 Å². The highest BCUT2D eigenvalue weighted by molar-refractivity contribution is 5.94. The predicted octanol–water partition coefficient (Wildman–Crippen LogP) is 1.51. The summed E-state index contributed by atoms with van der Waals surface area (Å²) >= 11 is 0. The lowest BCUT2D eigenvalue weighted by Gasteiger charge is -2.23. The highest BCUT2D eigenvalue weighted by Gasteiger charge is 2.28. The summed E-state index contributed by atoms with van der Waals surface area (Å²) in [5, 5.41) is 24.4. The monoisotopic (exact) mass is 341 g/mol. The zero-order valence-corrected chi connectivity index (χ0v) is 14.2. The average Bonchev–Trinajstić information content (AvgIpc) is 3.22. The Labute approximate surface area is 144 Å². The molecule has 0 aliphatic rings. The average molecular weight is 341 g/mol. The zero-order valence-electron chi connectivity index (χ0n) is 14.2. The van der Waals surface area contributed by atoms with Crippen LogP contribution in [0.5, 0.6) is 0 Å². The Morgan fingerprint density at radius 1 is 1.36 bits per heavy atom. The number of aliphatic hydroxyl groups is 1. The van der Waals surface area contributed by atoms with Crippen molar-refractivity contribution < 1.29 is 14.3 Å². The van der Waals surface area contributed by atoms with Crippen molar-refractivity contribution in [1.82, 2.24) is 25.5 Å². The van der Waals surface area contributed by atoms with Crippen molar-refractivity contribution >= 4 is 5.91 Å². The molecule has 0 saturated heterocycles. The van der Waals surface area contributed by atoms with Crippen LogP contribution in [0.1, 0.15) is 34.4 Å². The summed E-state index contributed by atoms with van der Waals surface area (Å²) in [5.74, 6) is 1.05. The molecule has 2 heterocycles. The van der Waals surface area contributed by atoms with Crippen LogP contribution in [0, 0.1) is 13.8 Å². The maximum Gasteiger partial charge on any atom is 0.251 e. The summed E-state index contributed by atoms with van der Waals surface area (Å²) in [6, 6.07) is 8.67. The van der Waals surface area contributed by atoms with Crippen molar-refractivity contribution in [3.8, 4) is 5.69 Å². The summed E-state index contributed by atoms with van der Waals surface area (Å²) < 4.78 is 6.92. The molecule has 3 aromatic rings. The molecule has 0 aliphatic carbocycles. The van der Waals surface area contributed by atoms with Crippen molar-refractivity contribution in [3.05, 3.63) is 59.3 Å². The minimum atomic E-state index is -1.23. The van der Waals surface area contributed by atoms with Gasteiger partial charge in [-0.25, -0.2) is 4.68 Å². The molecule has 2 aromatic heterocycles. The summed E-state index contributed by atoms with van der Waals surface area (Å²) in [7, 11) is 0. The van der Waals surface area contributed by atoms with E-state index < -0.39 is 5.60 Å². The Morgan fingerprint density at radius 2 is 2.16 bits per heavy atom. The van der Waals surface area contributed by atoms with Crippen molar-refractivity contribution in [2.24, 2.45) is 0 Å². The van der Waals surface area contributed by atoms with E-state index in [9.17, 15) is 9.90 Å².